The summed E-state index contributed by atoms with van der Waals surface area (Å²) in [6, 6.07) is 0. The SMILES string of the molecule is CO/N=C(\CO[Si](C)(C)C)[C@@]1(O)CC[C@H]2[C@@H]3CC[C@@H]4C[C@H](O[Si](C)(C)C)CC[C@]4(C)[C@H]3C(=O)C[C@@]21C. The van der Waals surface area contributed by atoms with E-state index in [1.54, 1.807) is 0 Å². The van der Waals surface area contributed by atoms with E-state index in [2.05, 4.69) is 58.3 Å². The second kappa shape index (κ2) is 9.58. The van der Waals surface area contributed by atoms with Gasteiger partial charge in [0.05, 0.1) is 6.61 Å². The summed E-state index contributed by atoms with van der Waals surface area (Å²) in [7, 11) is -1.87. The zero-order chi connectivity index (χ0) is 26.7. The van der Waals surface area contributed by atoms with Gasteiger partial charge in [0, 0.05) is 23.9 Å². The van der Waals surface area contributed by atoms with Crippen molar-refractivity contribution in [3.05, 3.63) is 0 Å². The van der Waals surface area contributed by atoms with Gasteiger partial charge in [-0.1, -0.05) is 19.0 Å². The monoisotopic (exact) mass is 537 g/mol. The quantitative estimate of drug-likeness (QED) is 0.244. The summed E-state index contributed by atoms with van der Waals surface area (Å²) in [5.74, 6) is 1.66. The highest BCUT2D eigenvalue weighted by molar-refractivity contribution is 6.70. The van der Waals surface area contributed by atoms with Crippen molar-refractivity contribution in [3.63, 3.8) is 0 Å². The second-order valence-electron chi connectivity index (χ2n) is 14.7. The molecular weight excluding hydrogens is 486 g/mol. The molecule has 0 spiro atoms. The number of nitrogens with zero attached hydrogens (tertiary/aromatic N) is 1. The molecule has 0 saturated heterocycles. The largest absolute Gasteiger partial charge is 0.415 e. The van der Waals surface area contributed by atoms with E-state index >= 15 is 0 Å². The van der Waals surface area contributed by atoms with E-state index in [-0.39, 0.29) is 17.9 Å². The molecule has 4 fully saturated rings. The molecule has 36 heavy (non-hydrogen) atoms. The summed E-state index contributed by atoms with van der Waals surface area (Å²) in [6.07, 6.45) is 7.81. The first kappa shape index (κ1) is 28.5. The van der Waals surface area contributed by atoms with E-state index in [0.29, 0.717) is 48.2 Å². The maximum atomic E-state index is 14.1. The van der Waals surface area contributed by atoms with E-state index in [9.17, 15) is 9.90 Å². The van der Waals surface area contributed by atoms with Crippen molar-refractivity contribution in [2.45, 2.75) is 116 Å². The average molecular weight is 538 g/mol. The van der Waals surface area contributed by atoms with Gasteiger partial charge in [0.25, 0.3) is 0 Å². The summed E-state index contributed by atoms with van der Waals surface area (Å²) >= 11 is 0. The van der Waals surface area contributed by atoms with Crippen LogP contribution in [-0.2, 0) is 18.5 Å². The topological polar surface area (TPSA) is 77.3 Å². The Bertz CT molecular complexity index is 882. The zero-order valence-electron chi connectivity index (χ0n) is 24.3. The molecule has 0 radical (unpaired) electrons. The van der Waals surface area contributed by atoms with Crippen molar-refractivity contribution in [1.29, 1.82) is 0 Å². The number of rotatable bonds is 7. The molecule has 8 atom stereocenters. The Kier molecular flexibility index (Phi) is 7.57. The number of ketones is 1. The highest BCUT2D eigenvalue weighted by Crippen LogP contribution is 2.67. The Hall–Kier alpha value is -0.546. The fourth-order valence-corrected chi connectivity index (χ4v) is 10.5. The third-order valence-corrected chi connectivity index (χ3v) is 12.3. The normalized spacial score (nSPS) is 43.6. The van der Waals surface area contributed by atoms with Crippen molar-refractivity contribution < 1.29 is 23.6 Å². The number of carbonyl (C=O) groups excluding carboxylic acids is 1. The average Bonchev–Trinajstić information content (AvgIpc) is 3.00. The van der Waals surface area contributed by atoms with Gasteiger partial charge in [-0.25, -0.2) is 0 Å². The number of fused-ring (bicyclic) bond motifs is 5. The van der Waals surface area contributed by atoms with Crippen LogP contribution < -0.4 is 0 Å². The third-order valence-electron chi connectivity index (χ3n) is 10.3. The molecule has 206 valence electrons. The van der Waals surface area contributed by atoms with E-state index in [0.717, 1.165) is 32.1 Å². The lowest BCUT2D eigenvalue weighted by atomic mass is 9.44. The molecule has 0 unspecified atom stereocenters. The highest BCUT2D eigenvalue weighted by atomic mass is 28.4. The van der Waals surface area contributed by atoms with Crippen LogP contribution in [0.25, 0.3) is 0 Å². The molecule has 0 aromatic heterocycles. The van der Waals surface area contributed by atoms with Crippen LogP contribution in [0.2, 0.25) is 39.3 Å². The highest BCUT2D eigenvalue weighted by Gasteiger charge is 2.68. The van der Waals surface area contributed by atoms with Crippen LogP contribution in [0, 0.1) is 34.5 Å². The zero-order valence-corrected chi connectivity index (χ0v) is 26.3. The van der Waals surface area contributed by atoms with Crippen LogP contribution >= 0.6 is 0 Å². The van der Waals surface area contributed by atoms with Crippen molar-refractivity contribution in [3.8, 4) is 0 Å². The van der Waals surface area contributed by atoms with Crippen LogP contribution in [0.1, 0.15) is 65.2 Å². The van der Waals surface area contributed by atoms with Crippen molar-refractivity contribution in [1.82, 2.24) is 0 Å². The van der Waals surface area contributed by atoms with E-state index in [1.807, 2.05) is 0 Å². The minimum Gasteiger partial charge on any atom is -0.415 e. The molecule has 1 N–H and O–H groups in total. The van der Waals surface area contributed by atoms with Gasteiger partial charge in [-0.2, -0.15) is 0 Å². The molecule has 0 aliphatic heterocycles. The minimum atomic E-state index is -1.81. The second-order valence-corrected chi connectivity index (χ2v) is 23.7. The van der Waals surface area contributed by atoms with Gasteiger partial charge in [-0.15, -0.1) is 0 Å². The van der Waals surface area contributed by atoms with E-state index in [1.165, 1.54) is 13.5 Å². The molecule has 4 aliphatic rings. The van der Waals surface area contributed by atoms with Crippen LogP contribution in [-0.4, -0.2) is 58.7 Å². The van der Waals surface area contributed by atoms with Gasteiger partial charge < -0.3 is 18.8 Å². The number of carbonyl (C=O) groups is 1. The lowest BCUT2D eigenvalue weighted by Gasteiger charge is -2.61. The Morgan fingerprint density at radius 2 is 1.72 bits per heavy atom. The molecule has 8 heteroatoms. The number of oxime groups is 1. The van der Waals surface area contributed by atoms with Crippen LogP contribution in [0.5, 0.6) is 0 Å². The smallest absolute Gasteiger partial charge is 0.184 e. The first-order valence-corrected chi connectivity index (χ1v) is 21.0. The molecule has 4 rings (SSSR count). The summed E-state index contributed by atoms with van der Waals surface area (Å²) in [4.78, 5) is 19.3. The lowest BCUT2D eigenvalue weighted by molar-refractivity contribution is -0.167. The predicted molar refractivity (Wildman–Crippen MR) is 149 cm³/mol. The standard InChI is InChI=1S/C28H51NO5Si2/c1-26-14-12-20(34-36(7,8)9)16-19(26)10-11-21-22-13-15-28(31,27(22,2)17-23(30)25(21)26)24(29-32-3)18-33-35(4,5)6/h19-22,25,31H,10-18H2,1-9H3/b29-24+/t19-,20-,21+,22+,25-,26+,27+,28+/m1/s1. The maximum Gasteiger partial charge on any atom is 0.184 e. The third kappa shape index (κ3) is 4.94. The number of Topliss-reactive ketones (excluding diaryl/α,β-unsaturated/α-hetero) is 1. The predicted octanol–water partition coefficient (Wildman–Crippen LogP) is 6.01. The molecule has 0 heterocycles. The molecular formula is C28H51NO5Si2. The molecule has 4 saturated carbocycles. The summed E-state index contributed by atoms with van der Waals surface area (Å²) in [5.41, 5.74) is -1.10. The molecule has 0 aromatic rings. The van der Waals surface area contributed by atoms with Crippen molar-refractivity contribution >= 4 is 28.1 Å². The van der Waals surface area contributed by atoms with Crippen LogP contribution in [0.4, 0.5) is 0 Å². The molecule has 0 amide bonds. The Balaban J connectivity index is 1.59. The summed E-state index contributed by atoms with van der Waals surface area (Å²) in [5, 5.41) is 16.5. The van der Waals surface area contributed by atoms with Crippen LogP contribution in [0.3, 0.4) is 0 Å². The van der Waals surface area contributed by atoms with Crippen molar-refractivity contribution in [2.24, 2.45) is 39.7 Å². The summed E-state index contributed by atoms with van der Waals surface area (Å²) in [6.45, 7) is 18.1. The first-order chi connectivity index (χ1) is 16.5. The molecule has 0 aromatic carbocycles. The molecule has 4 aliphatic carbocycles. The van der Waals surface area contributed by atoms with Crippen LogP contribution in [0.15, 0.2) is 5.16 Å². The fourth-order valence-electron chi connectivity index (χ4n) is 8.74. The Morgan fingerprint density at radius 1 is 1.03 bits per heavy atom. The van der Waals surface area contributed by atoms with Gasteiger partial charge in [-0.3, -0.25) is 4.79 Å². The van der Waals surface area contributed by atoms with Gasteiger partial charge in [0.15, 0.2) is 16.6 Å². The maximum absolute atomic E-state index is 14.1. The van der Waals surface area contributed by atoms with E-state index < -0.39 is 27.7 Å². The number of aliphatic hydroxyl groups is 1. The molecule has 6 nitrogen and oxygen atoms in total. The van der Waals surface area contributed by atoms with Gasteiger partial charge in [0.2, 0.25) is 0 Å². The van der Waals surface area contributed by atoms with Gasteiger partial charge in [0.1, 0.15) is 24.2 Å². The fraction of sp³-hybridized carbons (Fsp3) is 0.929. The van der Waals surface area contributed by atoms with Gasteiger partial charge >= 0.3 is 0 Å². The van der Waals surface area contributed by atoms with Gasteiger partial charge in [-0.05, 0) is 107 Å². The van der Waals surface area contributed by atoms with E-state index in [4.69, 9.17) is 13.7 Å². The minimum absolute atomic E-state index is 0.0474. The Labute approximate surface area is 221 Å². The molecule has 0 bridgehead atoms. The summed E-state index contributed by atoms with van der Waals surface area (Å²) < 4.78 is 12.7. The van der Waals surface area contributed by atoms with Crippen molar-refractivity contribution in [2.75, 3.05) is 13.7 Å². The lowest BCUT2D eigenvalue weighted by Crippen LogP contribution is -2.62. The first-order valence-electron chi connectivity index (χ1n) is 14.2. The Morgan fingerprint density at radius 3 is 2.33 bits per heavy atom. The number of hydrogen-bond donors (Lipinski definition) is 1. The number of hydrogen-bond acceptors (Lipinski definition) is 6.